The minimum Gasteiger partial charge on any atom is -0.371 e. The smallest absolute Gasteiger partial charge is 0.163 e. The van der Waals surface area contributed by atoms with Crippen molar-refractivity contribution in [2.75, 3.05) is 18.0 Å². The van der Waals surface area contributed by atoms with Gasteiger partial charge in [0.25, 0.3) is 0 Å². The van der Waals surface area contributed by atoms with Crippen molar-refractivity contribution in [1.29, 1.82) is 0 Å². The molecule has 3 heteroatoms. The van der Waals surface area contributed by atoms with Crippen LogP contribution in [-0.4, -0.2) is 25.2 Å². The molecule has 0 atom stereocenters. The molecule has 0 aliphatic heterocycles. The second-order valence-electron chi connectivity index (χ2n) is 5.00. The third-order valence-corrected chi connectivity index (χ3v) is 3.32. The summed E-state index contributed by atoms with van der Waals surface area (Å²) in [6.45, 7) is 5.69. The highest BCUT2D eigenvalue weighted by molar-refractivity contribution is 6.03. The lowest BCUT2D eigenvalue weighted by atomic mass is 10.0. The van der Waals surface area contributed by atoms with Gasteiger partial charge in [-0.05, 0) is 31.0 Å². The predicted molar refractivity (Wildman–Crippen MR) is 87.0 cm³/mol. The first-order valence-corrected chi connectivity index (χ1v) is 7.48. The van der Waals surface area contributed by atoms with Crippen molar-refractivity contribution >= 4 is 17.8 Å². The summed E-state index contributed by atoms with van der Waals surface area (Å²) in [5.41, 5.74) is 1.93. The fourth-order valence-electron chi connectivity index (χ4n) is 2.30. The number of Topliss-reactive ketones (excluding diaryl/α,β-unsaturated/α-hetero) is 1. The van der Waals surface area contributed by atoms with Crippen LogP contribution in [0.3, 0.4) is 0 Å². The molecule has 0 aliphatic carbocycles. The highest BCUT2D eigenvalue weighted by Crippen LogP contribution is 2.21. The molecule has 0 aliphatic rings. The first-order chi connectivity index (χ1) is 10.2. The van der Waals surface area contributed by atoms with E-state index >= 15 is 0 Å². The molecule has 0 radical (unpaired) electrons. The maximum Gasteiger partial charge on any atom is 0.163 e. The van der Waals surface area contributed by atoms with E-state index in [9.17, 15) is 9.59 Å². The standard InChI is InChI=1S/C18H23NO2/c1-4-7-12-19(11-6-3)16-9-10-17(15(13-16)14-20)18(21)8-5-2/h1,9-10,13-14H,5-8,11-12H2,2-3H3. The van der Waals surface area contributed by atoms with E-state index in [1.165, 1.54) is 0 Å². The Bertz CT molecular complexity index is 529. The number of anilines is 1. The van der Waals surface area contributed by atoms with Gasteiger partial charge in [-0.15, -0.1) is 12.3 Å². The minimum absolute atomic E-state index is 0.0248. The Morgan fingerprint density at radius 2 is 2.05 bits per heavy atom. The third-order valence-electron chi connectivity index (χ3n) is 3.32. The molecule has 0 fully saturated rings. The van der Waals surface area contributed by atoms with Crippen molar-refractivity contribution in [3.8, 4) is 12.3 Å². The number of hydrogen-bond acceptors (Lipinski definition) is 3. The van der Waals surface area contributed by atoms with Crippen LogP contribution in [0.25, 0.3) is 0 Å². The monoisotopic (exact) mass is 285 g/mol. The largest absolute Gasteiger partial charge is 0.371 e. The molecule has 0 spiro atoms. The molecule has 1 aromatic rings. The van der Waals surface area contributed by atoms with Crippen LogP contribution in [0.1, 0.15) is 60.2 Å². The number of aldehydes is 1. The topological polar surface area (TPSA) is 37.4 Å². The van der Waals surface area contributed by atoms with Crippen LogP contribution in [0.15, 0.2) is 18.2 Å². The van der Waals surface area contributed by atoms with Crippen molar-refractivity contribution in [2.24, 2.45) is 0 Å². The van der Waals surface area contributed by atoms with Gasteiger partial charge in [0.05, 0.1) is 0 Å². The summed E-state index contributed by atoms with van der Waals surface area (Å²) in [6.07, 6.45) is 8.99. The molecule has 1 aromatic carbocycles. The quantitative estimate of drug-likeness (QED) is 0.394. The molecule has 0 saturated heterocycles. The summed E-state index contributed by atoms with van der Waals surface area (Å²) in [6, 6.07) is 5.46. The van der Waals surface area contributed by atoms with E-state index in [2.05, 4.69) is 17.7 Å². The second-order valence-corrected chi connectivity index (χ2v) is 5.00. The van der Waals surface area contributed by atoms with E-state index < -0.39 is 0 Å². The summed E-state index contributed by atoms with van der Waals surface area (Å²) in [4.78, 5) is 25.4. The molecule has 0 unspecified atom stereocenters. The van der Waals surface area contributed by atoms with Gasteiger partial charge in [0.1, 0.15) is 0 Å². The minimum atomic E-state index is 0.0248. The van der Waals surface area contributed by atoms with E-state index in [-0.39, 0.29) is 5.78 Å². The van der Waals surface area contributed by atoms with Crippen LogP contribution in [0.5, 0.6) is 0 Å². The van der Waals surface area contributed by atoms with Gasteiger partial charge in [-0.25, -0.2) is 0 Å². The van der Waals surface area contributed by atoms with Crippen LogP contribution >= 0.6 is 0 Å². The van der Waals surface area contributed by atoms with Crippen molar-refractivity contribution in [1.82, 2.24) is 0 Å². The SMILES string of the molecule is C#CCCN(CCC)c1ccc(C(=O)CCC)c(C=O)c1. The summed E-state index contributed by atoms with van der Waals surface area (Å²) in [5, 5.41) is 0. The molecule has 1 rings (SSSR count). The number of carbonyl (C=O) groups is 2. The number of carbonyl (C=O) groups excluding carboxylic acids is 2. The van der Waals surface area contributed by atoms with Crippen LogP contribution in [0.4, 0.5) is 5.69 Å². The zero-order valence-corrected chi connectivity index (χ0v) is 12.9. The summed E-state index contributed by atoms with van der Waals surface area (Å²) < 4.78 is 0. The van der Waals surface area contributed by atoms with Crippen LogP contribution < -0.4 is 4.90 Å². The fraction of sp³-hybridized carbons (Fsp3) is 0.444. The lowest BCUT2D eigenvalue weighted by Gasteiger charge is -2.24. The van der Waals surface area contributed by atoms with Gasteiger partial charge < -0.3 is 4.90 Å². The van der Waals surface area contributed by atoms with Gasteiger partial charge in [0, 0.05) is 42.7 Å². The Labute approximate surface area is 127 Å². The van der Waals surface area contributed by atoms with E-state index in [4.69, 9.17) is 6.42 Å². The highest BCUT2D eigenvalue weighted by Gasteiger charge is 2.13. The summed E-state index contributed by atoms with van der Waals surface area (Å²) in [7, 11) is 0. The van der Waals surface area contributed by atoms with Gasteiger partial charge in [0.15, 0.2) is 12.1 Å². The maximum absolute atomic E-state index is 12.0. The molecular weight excluding hydrogens is 262 g/mol. The predicted octanol–water partition coefficient (Wildman–Crippen LogP) is 3.72. The van der Waals surface area contributed by atoms with E-state index in [0.717, 1.165) is 37.9 Å². The highest BCUT2D eigenvalue weighted by atomic mass is 16.1. The molecule has 0 N–H and O–H groups in total. The molecule has 0 saturated carbocycles. The average Bonchev–Trinajstić information content (AvgIpc) is 2.51. The molecule has 21 heavy (non-hydrogen) atoms. The maximum atomic E-state index is 12.0. The first kappa shape index (κ1) is 17.0. The number of terminal acetylenes is 1. The molecule has 0 aromatic heterocycles. The van der Waals surface area contributed by atoms with E-state index in [1.807, 2.05) is 13.0 Å². The van der Waals surface area contributed by atoms with Gasteiger partial charge >= 0.3 is 0 Å². The molecule has 0 bridgehead atoms. The Morgan fingerprint density at radius 1 is 1.29 bits per heavy atom. The Hall–Kier alpha value is -2.08. The van der Waals surface area contributed by atoms with Gasteiger partial charge in [-0.2, -0.15) is 0 Å². The molecular formula is C18H23NO2. The molecule has 0 amide bonds. The van der Waals surface area contributed by atoms with E-state index in [0.29, 0.717) is 24.0 Å². The van der Waals surface area contributed by atoms with Crippen LogP contribution in [0.2, 0.25) is 0 Å². The average molecular weight is 285 g/mol. The zero-order valence-electron chi connectivity index (χ0n) is 12.9. The first-order valence-electron chi connectivity index (χ1n) is 7.48. The van der Waals surface area contributed by atoms with Crippen LogP contribution in [-0.2, 0) is 0 Å². The van der Waals surface area contributed by atoms with Gasteiger partial charge in [-0.3, -0.25) is 9.59 Å². The number of ketones is 1. The Morgan fingerprint density at radius 3 is 2.62 bits per heavy atom. The van der Waals surface area contributed by atoms with Gasteiger partial charge in [0.2, 0.25) is 0 Å². The second kappa shape index (κ2) is 8.97. The number of benzene rings is 1. The zero-order chi connectivity index (χ0) is 15.7. The fourth-order valence-corrected chi connectivity index (χ4v) is 2.30. The lowest BCUT2D eigenvalue weighted by molar-refractivity contribution is 0.0975. The molecule has 0 heterocycles. The third kappa shape index (κ3) is 4.75. The van der Waals surface area contributed by atoms with Crippen molar-refractivity contribution < 1.29 is 9.59 Å². The molecule has 3 nitrogen and oxygen atoms in total. The normalized spacial score (nSPS) is 9.95. The summed E-state index contributed by atoms with van der Waals surface area (Å²) in [5.74, 6) is 2.66. The Balaban J connectivity index is 3.06. The van der Waals surface area contributed by atoms with Crippen molar-refractivity contribution in [3.63, 3.8) is 0 Å². The summed E-state index contributed by atoms with van der Waals surface area (Å²) >= 11 is 0. The van der Waals surface area contributed by atoms with Crippen LogP contribution in [0, 0.1) is 12.3 Å². The van der Waals surface area contributed by atoms with E-state index in [1.54, 1.807) is 12.1 Å². The molecule has 112 valence electrons. The van der Waals surface area contributed by atoms with Crippen molar-refractivity contribution in [2.45, 2.75) is 39.5 Å². The lowest BCUT2D eigenvalue weighted by Crippen LogP contribution is -2.25. The van der Waals surface area contributed by atoms with Crippen molar-refractivity contribution in [3.05, 3.63) is 29.3 Å². The Kier molecular flexibility index (Phi) is 7.25. The number of hydrogen-bond donors (Lipinski definition) is 0. The van der Waals surface area contributed by atoms with Gasteiger partial charge in [-0.1, -0.05) is 13.8 Å². The number of nitrogens with zero attached hydrogens (tertiary/aromatic N) is 1. The number of rotatable bonds is 9.